The molecule has 5 nitrogen and oxygen atoms in total. The molecule has 3 saturated heterocycles. The summed E-state index contributed by atoms with van der Waals surface area (Å²) in [5.41, 5.74) is -0.0976. The highest BCUT2D eigenvalue weighted by atomic mass is 16.5. The van der Waals surface area contributed by atoms with Gasteiger partial charge in [0.25, 0.3) is 0 Å². The molecule has 4 aliphatic rings. The number of nitrogens with one attached hydrogen (secondary N) is 2. The minimum absolute atomic E-state index is 0.205. The van der Waals surface area contributed by atoms with E-state index in [-0.39, 0.29) is 5.66 Å². The summed E-state index contributed by atoms with van der Waals surface area (Å²) >= 11 is 0. The molecule has 5 rings (SSSR count). The number of rotatable bonds is 2. The topological polar surface area (TPSA) is 49.7 Å². The van der Waals surface area contributed by atoms with Gasteiger partial charge in [0, 0.05) is 26.2 Å². The third-order valence-electron chi connectivity index (χ3n) is 7.13. The molecule has 5 heteroatoms. The fourth-order valence-electron chi connectivity index (χ4n) is 5.71. The molecule has 1 saturated carbocycles. The number of likely N-dealkylation sites (tertiary alicyclic amines) is 1. The van der Waals surface area contributed by atoms with E-state index < -0.39 is 5.72 Å². The molecule has 24 heavy (non-hydrogen) atoms. The van der Waals surface area contributed by atoms with E-state index in [1.165, 1.54) is 38.5 Å². The van der Waals surface area contributed by atoms with Crippen LogP contribution in [-0.4, -0.2) is 43.3 Å². The fourth-order valence-corrected chi connectivity index (χ4v) is 5.71. The van der Waals surface area contributed by atoms with Gasteiger partial charge in [0.05, 0.1) is 12.9 Å². The molecule has 1 aromatic heterocycles. The standard InChI is InChI=1S/C19H29N3O2/c1-2-6-17(5-1)8-12-22(13-9-17)19(16-4-3-14-23-16)18(7-10-20-18)21-11-15-24-19/h3-4,14,20-21H,1-2,5-13,15H2. The smallest absolute Gasteiger partial charge is 0.212 e. The maximum absolute atomic E-state index is 6.57. The van der Waals surface area contributed by atoms with Crippen molar-refractivity contribution in [3.05, 3.63) is 24.2 Å². The first-order chi connectivity index (χ1) is 11.8. The molecule has 0 amide bonds. The average Bonchev–Trinajstić information content (AvgIpc) is 3.26. The zero-order valence-corrected chi connectivity index (χ0v) is 14.5. The van der Waals surface area contributed by atoms with Crippen molar-refractivity contribution >= 4 is 0 Å². The van der Waals surface area contributed by atoms with Gasteiger partial charge < -0.3 is 9.15 Å². The zero-order chi connectivity index (χ0) is 16.1. The van der Waals surface area contributed by atoms with E-state index >= 15 is 0 Å². The first-order valence-corrected chi connectivity index (χ1v) is 9.72. The maximum Gasteiger partial charge on any atom is 0.212 e. The van der Waals surface area contributed by atoms with Crippen molar-refractivity contribution in [3.63, 3.8) is 0 Å². The lowest BCUT2D eigenvalue weighted by Gasteiger charge is -2.62. The van der Waals surface area contributed by atoms with Crippen LogP contribution in [0.2, 0.25) is 0 Å². The largest absolute Gasteiger partial charge is 0.465 e. The van der Waals surface area contributed by atoms with Gasteiger partial charge in [-0.3, -0.25) is 15.5 Å². The van der Waals surface area contributed by atoms with Crippen LogP contribution < -0.4 is 10.6 Å². The molecule has 2 unspecified atom stereocenters. The SMILES string of the molecule is c1coc(C2(N3CCC4(CCCC4)CC3)OCCNC23CCN3)c1. The van der Waals surface area contributed by atoms with Gasteiger partial charge in [-0.15, -0.1) is 0 Å². The van der Waals surface area contributed by atoms with Crippen LogP contribution in [0, 0.1) is 5.41 Å². The third kappa shape index (κ3) is 2.02. The van der Waals surface area contributed by atoms with E-state index in [0.717, 1.165) is 45.0 Å². The number of nitrogens with zero attached hydrogens (tertiary/aromatic N) is 1. The number of hydrogen-bond acceptors (Lipinski definition) is 5. The molecule has 2 N–H and O–H groups in total. The quantitative estimate of drug-likeness (QED) is 0.871. The van der Waals surface area contributed by atoms with Crippen molar-refractivity contribution in [1.29, 1.82) is 0 Å². The Bertz CT molecular complexity index is 567. The first-order valence-electron chi connectivity index (χ1n) is 9.72. The Hall–Kier alpha value is -0.880. The van der Waals surface area contributed by atoms with Crippen molar-refractivity contribution in [2.75, 3.05) is 32.8 Å². The second-order valence-electron chi connectivity index (χ2n) is 8.17. The maximum atomic E-state index is 6.57. The third-order valence-corrected chi connectivity index (χ3v) is 7.13. The van der Waals surface area contributed by atoms with Crippen molar-refractivity contribution in [2.24, 2.45) is 5.41 Å². The Morgan fingerprint density at radius 1 is 0.958 bits per heavy atom. The van der Waals surface area contributed by atoms with Crippen LogP contribution in [0.4, 0.5) is 0 Å². The van der Waals surface area contributed by atoms with Crippen molar-refractivity contribution in [3.8, 4) is 0 Å². The Kier molecular flexibility index (Phi) is 3.56. The predicted octanol–water partition coefficient (Wildman–Crippen LogP) is 2.40. The van der Waals surface area contributed by atoms with Gasteiger partial charge in [0.1, 0.15) is 5.66 Å². The summed E-state index contributed by atoms with van der Waals surface area (Å²) in [6.45, 7) is 4.87. The van der Waals surface area contributed by atoms with E-state index in [9.17, 15) is 0 Å². The van der Waals surface area contributed by atoms with Gasteiger partial charge in [-0.1, -0.05) is 12.8 Å². The van der Waals surface area contributed by atoms with Gasteiger partial charge in [0.15, 0.2) is 5.76 Å². The lowest BCUT2D eigenvalue weighted by Crippen LogP contribution is -2.83. The summed E-state index contributed by atoms with van der Waals surface area (Å²) in [5.74, 6) is 0.948. The zero-order valence-electron chi connectivity index (χ0n) is 14.5. The van der Waals surface area contributed by atoms with Gasteiger partial charge in [-0.05, 0) is 49.7 Å². The number of ether oxygens (including phenoxy) is 1. The minimum Gasteiger partial charge on any atom is -0.465 e. The molecule has 132 valence electrons. The molecule has 2 atom stereocenters. The Balaban J connectivity index is 1.49. The lowest BCUT2D eigenvalue weighted by atomic mass is 9.74. The van der Waals surface area contributed by atoms with E-state index in [1.807, 2.05) is 6.07 Å². The van der Waals surface area contributed by atoms with Crippen molar-refractivity contribution in [2.45, 2.75) is 56.3 Å². The van der Waals surface area contributed by atoms with Gasteiger partial charge >= 0.3 is 0 Å². The van der Waals surface area contributed by atoms with Crippen LogP contribution in [-0.2, 0) is 10.5 Å². The van der Waals surface area contributed by atoms with Gasteiger partial charge in [0.2, 0.25) is 5.72 Å². The monoisotopic (exact) mass is 331 g/mol. The number of hydrogen-bond donors (Lipinski definition) is 2. The molecule has 0 bridgehead atoms. The minimum atomic E-state index is -0.507. The van der Waals surface area contributed by atoms with Gasteiger partial charge in [-0.2, -0.15) is 0 Å². The molecule has 4 fully saturated rings. The normalized spacial score (nSPS) is 39.3. The number of morpholine rings is 1. The van der Waals surface area contributed by atoms with E-state index in [1.54, 1.807) is 6.26 Å². The predicted molar refractivity (Wildman–Crippen MR) is 91.4 cm³/mol. The molecule has 4 heterocycles. The summed E-state index contributed by atoms with van der Waals surface area (Å²) in [5, 5.41) is 7.39. The lowest BCUT2D eigenvalue weighted by molar-refractivity contribution is -0.278. The summed E-state index contributed by atoms with van der Waals surface area (Å²) in [6, 6.07) is 4.08. The summed E-state index contributed by atoms with van der Waals surface area (Å²) in [7, 11) is 0. The second-order valence-corrected chi connectivity index (χ2v) is 8.17. The van der Waals surface area contributed by atoms with Crippen LogP contribution in [0.15, 0.2) is 22.8 Å². The second kappa shape index (κ2) is 5.56. The molecule has 1 aliphatic carbocycles. The number of furan rings is 1. The molecule has 3 aliphatic heterocycles. The Morgan fingerprint density at radius 2 is 1.75 bits per heavy atom. The summed E-state index contributed by atoms with van der Waals surface area (Å²) < 4.78 is 12.5. The molecule has 0 aromatic carbocycles. The van der Waals surface area contributed by atoms with Crippen LogP contribution in [0.3, 0.4) is 0 Å². The van der Waals surface area contributed by atoms with E-state index in [2.05, 4.69) is 21.6 Å². The Morgan fingerprint density at radius 3 is 2.38 bits per heavy atom. The number of piperidine rings is 1. The van der Waals surface area contributed by atoms with Crippen molar-refractivity contribution in [1.82, 2.24) is 15.5 Å². The first kappa shape index (κ1) is 15.4. The van der Waals surface area contributed by atoms with E-state index in [4.69, 9.17) is 9.15 Å². The highest BCUT2D eigenvalue weighted by Gasteiger charge is 2.64. The highest BCUT2D eigenvalue weighted by Crippen LogP contribution is 2.51. The molecule has 1 aromatic rings. The molecular formula is C19H29N3O2. The fraction of sp³-hybridized carbons (Fsp3) is 0.789. The molecule has 0 radical (unpaired) electrons. The van der Waals surface area contributed by atoms with Crippen LogP contribution in [0.25, 0.3) is 0 Å². The highest BCUT2D eigenvalue weighted by molar-refractivity contribution is 5.23. The van der Waals surface area contributed by atoms with E-state index in [0.29, 0.717) is 5.41 Å². The van der Waals surface area contributed by atoms with Gasteiger partial charge in [-0.25, -0.2) is 0 Å². The van der Waals surface area contributed by atoms with Crippen molar-refractivity contribution < 1.29 is 9.15 Å². The summed E-state index contributed by atoms with van der Waals surface area (Å²) in [6.07, 6.45) is 11.2. The molecular weight excluding hydrogens is 302 g/mol. The van der Waals surface area contributed by atoms with Crippen LogP contribution in [0.5, 0.6) is 0 Å². The Labute approximate surface area is 144 Å². The van der Waals surface area contributed by atoms with Crippen LogP contribution >= 0.6 is 0 Å². The average molecular weight is 331 g/mol. The summed E-state index contributed by atoms with van der Waals surface area (Å²) in [4.78, 5) is 2.56. The van der Waals surface area contributed by atoms with Crippen LogP contribution in [0.1, 0.15) is 50.7 Å². The molecule has 2 spiro atoms.